The zero-order chi connectivity index (χ0) is 10.8. The van der Waals surface area contributed by atoms with E-state index in [0.29, 0.717) is 0 Å². The molecule has 0 bridgehead atoms. The van der Waals surface area contributed by atoms with E-state index >= 15 is 0 Å². The summed E-state index contributed by atoms with van der Waals surface area (Å²) in [6.07, 6.45) is 7.75. The number of hydrogen-bond acceptors (Lipinski definition) is 1. The molecule has 0 spiro atoms. The number of nitrogens with zero attached hydrogens (tertiary/aromatic N) is 1. The average molecular weight is 197 g/mol. The molecule has 0 amide bonds. The zero-order valence-electron chi connectivity index (χ0n) is 10.5. The molecule has 0 N–H and O–H groups in total. The number of allylic oxidation sites excluding steroid dienone is 1. The summed E-state index contributed by atoms with van der Waals surface area (Å²) in [5.74, 6) is 0. The molecule has 1 heterocycles. The first kappa shape index (κ1) is 13.7. The van der Waals surface area contributed by atoms with Gasteiger partial charge in [0.25, 0.3) is 0 Å². The molecule has 1 saturated heterocycles. The lowest BCUT2D eigenvalue weighted by Crippen LogP contribution is -2.30. The van der Waals surface area contributed by atoms with Crippen molar-refractivity contribution >= 4 is 0 Å². The number of rotatable bonds is 3. The molecule has 1 heteroatoms. The molecule has 14 heavy (non-hydrogen) atoms. The highest BCUT2D eigenvalue weighted by Crippen LogP contribution is 2.10. The molecular formula is C13H27N. The highest BCUT2D eigenvalue weighted by molar-refractivity contribution is 4.95. The largest absolute Gasteiger partial charge is 0.303 e. The van der Waals surface area contributed by atoms with Gasteiger partial charge in [0.1, 0.15) is 0 Å². The Kier molecular flexibility index (Phi) is 9.06. The summed E-state index contributed by atoms with van der Waals surface area (Å²) in [5, 5.41) is 0. The normalized spacial score (nSPS) is 18.7. The Balaban J connectivity index is 0.000000791. The van der Waals surface area contributed by atoms with Gasteiger partial charge in [-0.25, -0.2) is 0 Å². The van der Waals surface area contributed by atoms with Crippen LogP contribution in [0.4, 0.5) is 0 Å². The molecule has 1 aliphatic heterocycles. The third kappa shape index (κ3) is 6.20. The van der Waals surface area contributed by atoms with Gasteiger partial charge < -0.3 is 4.90 Å². The molecule has 1 rings (SSSR count). The SMILES string of the molecule is C/C=C(\C)CCN1CCCCC1.CC. The van der Waals surface area contributed by atoms with Gasteiger partial charge in [0.2, 0.25) is 0 Å². The first-order valence-corrected chi connectivity index (χ1v) is 6.17. The van der Waals surface area contributed by atoms with Gasteiger partial charge in [0.05, 0.1) is 0 Å². The average Bonchev–Trinajstić information content (AvgIpc) is 2.30. The van der Waals surface area contributed by atoms with E-state index in [4.69, 9.17) is 0 Å². The van der Waals surface area contributed by atoms with Crippen LogP contribution in [-0.4, -0.2) is 24.5 Å². The lowest BCUT2D eigenvalue weighted by Gasteiger charge is -2.26. The van der Waals surface area contributed by atoms with Crippen LogP contribution in [0.5, 0.6) is 0 Å². The van der Waals surface area contributed by atoms with Crippen molar-refractivity contribution in [3.63, 3.8) is 0 Å². The van der Waals surface area contributed by atoms with Crippen molar-refractivity contribution in [1.29, 1.82) is 0 Å². The fourth-order valence-corrected chi connectivity index (χ4v) is 1.66. The maximum Gasteiger partial charge on any atom is 0.00185 e. The van der Waals surface area contributed by atoms with Crippen LogP contribution >= 0.6 is 0 Å². The smallest absolute Gasteiger partial charge is 0.00185 e. The van der Waals surface area contributed by atoms with Crippen LogP contribution in [0.15, 0.2) is 11.6 Å². The molecule has 0 saturated carbocycles. The van der Waals surface area contributed by atoms with Gasteiger partial charge in [-0.05, 0) is 46.2 Å². The van der Waals surface area contributed by atoms with E-state index in [1.54, 1.807) is 0 Å². The summed E-state index contributed by atoms with van der Waals surface area (Å²) in [6, 6.07) is 0. The Morgan fingerprint density at radius 2 is 1.71 bits per heavy atom. The van der Waals surface area contributed by atoms with Gasteiger partial charge in [-0.3, -0.25) is 0 Å². The Labute approximate surface area is 90.2 Å². The molecule has 1 aliphatic rings. The van der Waals surface area contributed by atoms with Gasteiger partial charge in [0.15, 0.2) is 0 Å². The van der Waals surface area contributed by atoms with Crippen molar-refractivity contribution in [3.8, 4) is 0 Å². The van der Waals surface area contributed by atoms with Crippen molar-refractivity contribution in [3.05, 3.63) is 11.6 Å². The van der Waals surface area contributed by atoms with Gasteiger partial charge in [-0.1, -0.05) is 31.9 Å². The van der Waals surface area contributed by atoms with Crippen LogP contribution in [0.25, 0.3) is 0 Å². The van der Waals surface area contributed by atoms with Crippen LogP contribution in [0, 0.1) is 0 Å². The summed E-state index contributed by atoms with van der Waals surface area (Å²) in [5.41, 5.74) is 1.53. The second kappa shape index (κ2) is 9.26. The predicted molar refractivity (Wildman–Crippen MR) is 65.7 cm³/mol. The van der Waals surface area contributed by atoms with E-state index in [2.05, 4.69) is 24.8 Å². The van der Waals surface area contributed by atoms with E-state index in [-0.39, 0.29) is 0 Å². The molecule has 0 aromatic heterocycles. The Hall–Kier alpha value is -0.300. The fourth-order valence-electron chi connectivity index (χ4n) is 1.66. The van der Waals surface area contributed by atoms with E-state index in [0.717, 1.165) is 0 Å². The molecule has 0 atom stereocenters. The number of piperidine rings is 1. The summed E-state index contributed by atoms with van der Waals surface area (Å²) in [4.78, 5) is 2.59. The molecule has 1 nitrogen and oxygen atoms in total. The molecule has 0 aromatic rings. The fraction of sp³-hybridized carbons (Fsp3) is 0.846. The molecule has 0 aromatic carbocycles. The van der Waals surface area contributed by atoms with Crippen LogP contribution in [0.1, 0.15) is 53.4 Å². The first-order valence-electron chi connectivity index (χ1n) is 6.17. The Morgan fingerprint density at radius 1 is 1.14 bits per heavy atom. The van der Waals surface area contributed by atoms with Crippen LogP contribution in [-0.2, 0) is 0 Å². The van der Waals surface area contributed by atoms with Gasteiger partial charge >= 0.3 is 0 Å². The highest BCUT2D eigenvalue weighted by atomic mass is 15.1. The highest BCUT2D eigenvalue weighted by Gasteiger charge is 2.08. The quantitative estimate of drug-likeness (QED) is 0.621. The minimum absolute atomic E-state index is 1.26. The van der Waals surface area contributed by atoms with Crippen molar-refractivity contribution in [2.45, 2.75) is 53.4 Å². The topological polar surface area (TPSA) is 3.24 Å². The summed E-state index contributed by atoms with van der Waals surface area (Å²) in [6.45, 7) is 12.3. The van der Waals surface area contributed by atoms with Crippen molar-refractivity contribution in [2.24, 2.45) is 0 Å². The van der Waals surface area contributed by atoms with Crippen molar-refractivity contribution in [2.75, 3.05) is 19.6 Å². The zero-order valence-corrected chi connectivity index (χ0v) is 10.5. The standard InChI is InChI=1S/C11H21N.C2H6/c1-3-11(2)7-10-12-8-5-4-6-9-12;1-2/h3H,4-10H2,1-2H3;1-2H3/b11-3+;. The van der Waals surface area contributed by atoms with Gasteiger partial charge in [-0.15, -0.1) is 0 Å². The Morgan fingerprint density at radius 3 is 2.21 bits per heavy atom. The third-order valence-corrected chi connectivity index (χ3v) is 2.76. The molecule has 0 aliphatic carbocycles. The van der Waals surface area contributed by atoms with E-state index in [1.165, 1.54) is 50.9 Å². The number of hydrogen-bond donors (Lipinski definition) is 0. The second-order valence-electron chi connectivity index (χ2n) is 3.79. The minimum atomic E-state index is 1.26. The first-order chi connectivity index (χ1) is 6.83. The number of likely N-dealkylation sites (tertiary alicyclic amines) is 1. The van der Waals surface area contributed by atoms with Gasteiger partial charge in [0, 0.05) is 6.54 Å². The molecule has 84 valence electrons. The van der Waals surface area contributed by atoms with Crippen molar-refractivity contribution < 1.29 is 0 Å². The lowest BCUT2D eigenvalue weighted by atomic mass is 10.1. The Bertz CT molecular complexity index is 143. The summed E-state index contributed by atoms with van der Waals surface area (Å²) < 4.78 is 0. The molecule has 1 fully saturated rings. The maximum absolute atomic E-state index is 2.59. The minimum Gasteiger partial charge on any atom is -0.303 e. The summed E-state index contributed by atoms with van der Waals surface area (Å²) >= 11 is 0. The van der Waals surface area contributed by atoms with E-state index < -0.39 is 0 Å². The monoisotopic (exact) mass is 197 g/mol. The summed E-state index contributed by atoms with van der Waals surface area (Å²) in [7, 11) is 0. The van der Waals surface area contributed by atoms with Crippen LogP contribution in [0.2, 0.25) is 0 Å². The van der Waals surface area contributed by atoms with E-state index in [1.807, 2.05) is 13.8 Å². The molecule has 0 radical (unpaired) electrons. The predicted octanol–water partition coefficient (Wildman–Crippen LogP) is 3.85. The van der Waals surface area contributed by atoms with Crippen LogP contribution in [0.3, 0.4) is 0 Å². The van der Waals surface area contributed by atoms with Crippen LogP contribution < -0.4 is 0 Å². The lowest BCUT2D eigenvalue weighted by molar-refractivity contribution is 0.231. The second-order valence-corrected chi connectivity index (χ2v) is 3.79. The van der Waals surface area contributed by atoms with Gasteiger partial charge in [-0.2, -0.15) is 0 Å². The van der Waals surface area contributed by atoms with Crippen molar-refractivity contribution in [1.82, 2.24) is 4.90 Å². The van der Waals surface area contributed by atoms with E-state index in [9.17, 15) is 0 Å². The molecule has 0 unspecified atom stereocenters. The molecular weight excluding hydrogens is 170 g/mol. The maximum atomic E-state index is 2.59. The third-order valence-electron chi connectivity index (χ3n) is 2.76.